The van der Waals surface area contributed by atoms with Crippen molar-refractivity contribution in [2.45, 2.75) is 19.4 Å². The number of benzene rings is 1. The number of nitrogens with one attached hydrogen (secondary N) is 1. The Morgan fingerprint density at radius 3 is 1.91 bits per heavy atom. The van der Waals surface area contributed by atoms with Crippen LogP contribution in [-0.4, -0.2) is 38.1 Å². The van der Waals surface area contributed by atoms with Crippen LogP contribution in [0.15, 0.2) is 18.2 Å². The summed E-state index contributed by atoms with van der Waals surface area (Å²) in [7, 11) is 2.44. The molecule has 1 rings (SSSR count). The van der Waals surface area contributed by atoms with Gasteiger partial charge in [0.05, 0.1) is 31.4 Å². The van der Waals surface area contributed by atoms with Crippen LogP contribution in [0.2, 0.25) is 0 Å². The number of hydrogen-bond acceptors (Lipinski definition) is 6. The molecular formula is C14H19ClN2O5. The lowest BCUT2D eigenvalue weighted by molar-refractivity contribution is -0.117. The van der Waals surface area contributed by atoms with Crippen LogP contribution < -0.4 is 11.1 Å². The molecule has 8 heteroatoms. The van der Waals surface area contributed by atoms with E-state index in [0.29, 0.717) is 6.42 Å². The summed E-state index contributed by atoms with van der Waals surface area (Å²) in [6.45, 7) is 1.77. The van der Waals surface area contributed by atoms with Crippen molar-refractivity contribution in [1.82, 2.24) is 0 Å². The van der Waals surface area contributed by atoms with Gasteiger partial charge in [0.15, 0.2) is 0 Å². The first-order chi connectivity index (χ1) is 9.92. The Labute approximate surface area is 134 Å². The van der Waals surface area contributed by atoms with Crippen LogP contribution in [0, 0.1) is 0 Å². The number of anilines is 1. The molecule has 7 nitrogen and oxygen atoms in total. The highest BCUT2D eigenvalue weighted by molar-refractivity contribution is 6.00. The van der Waals surface area contributed by atoms with Crippen molar-refractivity contribution in [3.63, 3.8) is 0 Å². The number of amides is 1. The number of halogens is 1. The molecule has 0 heterocycles. The van der Waals surface area contributed by atoms with Crippen molar-refractivity contribution in [1.29, 1.82) is 0 Å². The number of carbonyl (C=O) groups is 3. The zero-order valence-electron chi connectivity index (χ0n) is 12.5. The molecule has 1 aromatic carbocycles. The summed E-state index contributed by atoms with van der Waals surface area (Å²) in [4.78, 5) is 35.0. The molecule has 3 N–H and O–H groups in total. The van der Waals surface area contributed by atoms with Crippen LogP contribution >= 0.6 is 12.4 Å². The third kappa shape index (κ3) is 5.01. The molecule has 122 valence electrons. The lowest BCUT2D eigenvalue weighted by Crippen LogP contribution is -2.34. The van der Waals surface area contributed by atoms with E-state index in [0.717, 1.165) is 0 Å². The van der Waals surface area contributed by atoms with E-state index in [-0.39, 0.29) is 29.2 Å². The van der Waals surface area contributed by atoms with Crippen LogP contribution in [0.4, 0.5) is 5.69 Å². The molecule has 1 aromatic rings. The molecule has 0 unspecified atom stereocenters. The summed E-state index contributed by atoms with van der Waals surface area (Å²) in [6.07, 6.45) is 0.465. The van der Waals surface area contributed by atoms with Crippen LogP contribution in [-0.2, 0) is 14.3 Å². The minimum Gasteiger partial charge on any atom is -0.465 e. The van der Waals surface area contributed by atoms with Gasteiger partial charge < -0.3 is 20.5 Å². The fraction of sp³-hybridized carbons (Fsp3) is 0.357. The topological polar surface area (TPSA) is 108 Å². The van der Waals surface area contributed by atoms with Crippen molar-refractivity contribution in [3.8, 4) is 0 Å². The van der Waals surface area contributed by atoms with E-state index in [4.69, 9.17) is 5.73 Å². The number of nitrogens with two attached hydrogens (primary N) is 1. The molecule has 1 atom stereocenters. The SMILES string of the molecule is CC[C@H](N)C(=O)Nc1cc(C(=O)OC)cc(C(=O)OC)c1.Cl. The third-order valence-electron chi connectivity index (χ3n) is 2.82. The van der Waals surface area contributed by atoms with Gasteiger partial charge in [-0.15, -0.1) is 12.4 Å². The van der Waals surface area contributed by atoms with E-state index in [9.17, 15) is 14.4 Å². The molecule has 0 saturated heterocycles. The number of methoxy groups -OCH3 is 2. The van der Waals surface area contributed by atoms with Crippen LogP contribution in [0.3, 0.4) is 0 Å². The quantitative estimate of drug-likeness (QED) is 0.789. The van der Waals surface area contributed by atoms with E-state index in [1.165, 1.54) is 32.4 Å². The van der Waals surface area contributed by atoms with E-state index in [1.807, 2.05) is 0 Å². The van der Waals surface area contributed by atoms with E-state index in [2.05, 4.69) is 14.8 Å². The van der Waals surface area contributed by atoms with Crippen LogP contribution in [0.25, 0.3) is 0 Å². The molecule has 0 aliphatic heterocycles. The second-order valence-electron chi connectivity index (χ2n) is 4.29. The molecule has 22 heavy (non-hydrogen) atoms. The largest absolute Gasteiger partial charge is 0.465 e. The van der Waals surface area contributed by atoms with Crippen molar-refractivity contribution in [2.75, 3.05) is 19.5 Å². The lowest BCUT2D eigenvalue weighted by Gasteiger charge is -2.12. The van der Waals surface area contributed by atoms with Gasteiger partial charge in [0.1, 0.15) is 0 Å². The number of ether oxygens (including phenoxy) is 2. The Balaban J connectivity index is 0.00000441. The van der Waals surface area contributed by atoms with E-state index >= 15 is 0 Å². The molecule has 0 spiro atoms. The van der Waals surface area contributed by atoms with Gasteiger partial charge >= 0.3 is 11.9 Å². The minimum absolute atomic E-state index is 0. The Morgan fingerprint density at radius 2 is 1.55 bits per heavy atom. The van der Waals surface area contributed by atoms with Crippen LogP contribution in [0.1, 0.15) is 34.1 Å². The molecule has 0 aliphatic carbocycles. The second kappa shape index (κ2) is 9.01. The molecule has 0 fully saturated rings. The van der Waals surface area contributed by atoms with Gasteiger partial charge in [-0.2, -0.15) is 0 Å². The number of rotatable bonds is 5. The molecule has 1 amide bonds. The molecule has 0 bridgehead atoms. The highest BCUT2D eigenvalue weighted by Crippen LogP contribution is 2.17. The van der Waals surface area contributed by atoms with Gasteiger partial charge in [-0.25, -0.2) is 9.59 Å². The van der Waals surface area contributed by atoms with Crippen molar-refractivity contribution < 1.29 is 23.9 Å². The van der Waals surface area contributed by atoms with Crippen LogP contribution in [0.5, 0.6) is 0 Å². The molecular weight excluding hydrogens is 312 g/mol. The average molecular weight is 331 g/mol. The summed E-state index contributed by atoms with van der Waals surface area (Å²) in [5.41, 5.74) is 6.14. The zero-order chi connectivity index (χ0) is 16.0. The first-order valence-electron chi connectivity index (χ1n) is 6.31. The summed E-state index contributed by atoms with van der Waals surface area (Å²) >= 11 is 0. The minimum atomic E-state index is -0.673. The smallest absolute Gasteiger partial charge is 0.337 e. The van der Waals surface area contributed by atoms with Gasteiger partial charge in [-0.1, -0.05) is 6.92 Å². The van der Waals surface area contributed by atoms with Crippen molar-refractivity contribution in [2.24, 2.45) is 5.73 Å². The molecule has 0 aliphatic rings. The molecule has 0 aromatic heterocycles. The maximum atomic E-state index is 11.8. The summed E-state index contributed by atoms with van der Waals surface area (Å²) in [6, 6.07) is 3.46. The van der Waals surface area contributed by atoms with Crippen molar-refractivity contribution in [3.05, 3.63) is 29.3 Å². The standard InChI is InChI=1S/C14H18N2O5.ClH/c1-4-11(15)12(17)16-10-6-8(13(18)20-2)5-9(7-10)14(19)21-3;/h5-7,11H,4,15H2,1-3H3,(H,16,17);1H/t11-;/m0./s1. The van der Waals surface area contributed by atoms with Gasteiger partial charge in [-0.05, 0) is 24.6 Å². The maximum Gasteiger partial charge on any atom is 0.337 e. The Morgan fingerprint density at radius 1 is 1.09 bits per heavy atom. The lowest BCUT2D eigenvalue weighted by atomic mass is 10.1. The van der Waals surface area contributed by atoms with Gasteiger partial charge in [0.2, 0.25) is 5.91 Å². The highest BCUT2D eigenvalue weighted by Gasteiger charge is 2.16. The van der Waals surface area contributed by atoms with Gasteiger partial charge in [0, 0.05) is 5.69 Å². The summed E-state index contributed by atoms with van der Waals surface area (Å²) in [5.74, 6) is -1.66. The fourth-order valence-corrected chi connectivity index (χ4v) is 1.59. The average Bonchev–Trinajstić information content (AvgIpc) is 2.51. The number of carbonyl (C=O) groups excluding carboxylic acids is 3. The van der Waals surface area contributed by atoms with E-state index in [1.54, 1.807) is 6.92 Å². The zero-order valence-corrected chi connectivity index (χ0v) is 13.4. The van der Waals surface area contributed by atoms with E-state index < -0.39 is 23.9 Å². The number of hydrogen-bond donors (Lipinski definition) is 2. The Bertz CT molecular complexity index is 528. The fourth-order valence-electron chi connectivity index (χ4n) is 1.59. The normalized spacial score (nSPS) is 10.9. The number of esters is 2. The predicted molar refractivity (Wildman–Crippen MR) is 83.3 cm³/mol. The monoisotopic (exact) mass is 330 g/mol. The summed E-state index contributed by atoms with van der Waals surface area (Å²) in [5, 5.41) is 2.55. The highest BCUT2D eigenvalue weighted by atomic mass is 35.5. The first-order valence-corrected chi connectivity index (χ1v) is 6.31. The Kier molecular flexibility index (Phi) is 8.14. The molecule has 0 radical (unpaired) electrons. The van der Waals surface area contributed by atoms with Crippen molar-refractivity contribution >= 4 is 35.9 Å². The maximum absolute atomic E-state index is 11.8. The van der Waals surface area contributed by atoms with Gasteiger partial charge in [0.25, 0.3) is 0 Å². The predicted octanol–water partition coefficient (Wildman–Crippen LogP) is 1.36. The third-order valence-corrected chi connectivity index (χ3v) is 2.82. The first kappa shape index (κ1) is 19.9. The second-order valence-corrected chi connectivity index (χ2v) is 4.29. The van der Waals surface area contributed by atoms with Gasteiger partial charge in [-0.3, -0.25) is 4.79 Å². The Hall–Kier alpha value is -2.12. The molecule has 0 saturated carbocycles. The summed E-state index contributed by atoms with van der Waals surface area (Å²) < 4.78 is 9.21.